The number of carboxylic acid groups (broad SMARTS) is 1. The van der Waals surface area contributed by atoms with Crippen LogP contribution in [0.4, 0.5) is 0 Å². The zero-order valence-corrected chi connectivity index (χ0v) is 11.8. The molecule has 2 heterocycles. The highest BCUT2D eigenvalue weighted by Crippen LogP contribution is 2.32. The molecule has 1 aromatic heterocycles. The highest BCUT2D eigenvalue weighted by molar-refractivity contribution is 5.85. The van der Waals surface area contributed by atoms with E-state index in [1.807, 2.05) is 0 Å². The van der Waals surface area contributed by atoms with Crippen LogP contribution in [0.3, 0.4) is 0 Å². The Hall–Kier alpha value is -1.89. The first-order valence-corrected chi connectivity index (χ1v) is 7.31. The highest BCUT2D eigenvalue weighted by atomic mass is 16.4. The van der Waals surface area contributed by atoms with Crippen molar-refractivity contribution in [2.45, 2.75) is 56.7 Å². The molecule has 4 N–H and O–H groups in total. The minimum Gasteiger partial charge on any atom is -0.480 e. The van der Waals surface area contributed by atoms with Crippen molar-refractivity contribution in [3.8, 4) is 0 Å². The minimum absolute atomic E-state index is 0.174. The predicted molar refractivity (Wildman–Crippen MR) is 74.3 cm³/mol. The summed E-state index contributed by atoms with van der Waals surface area (Å²) < 4.78 is 0. The van der Waals surface area contributed by atoms with E-state index in [1.54, 1.807) is 6.33 Å². The highest BCUT2D eigenvalue weighted by Gasteiger charge is 2.39. The van der Waals surface area contributed by atoms with Crippen LogP contribution in [0.1, 0.15) is 43.5 Å². The predicted octanol–water partition coefficient (Wildman–Crippen LogP) is 0.409. The van der Waals surface area contributed by atoms with Crippen molar-refractivity contribution in [3.63, 3.8) is 0 Å². The molecule has 1 aromatic rings. The zero-order chi connectivity index (χ0) is 15.0. The van der Waals surface area contributed by atoms with Gasteiger partial charge in [0.15, 0.2) is 0 Å². The fourth-order valence-electron chi connectivity index (χ4n) is 3.38. The summed E-state index contributed by atoms with van der Waals surface area (Å²) in [6.45, 7) is 0.265. The van der Waals surface area contributed by atoms with E-state index in [9.17, 15) is 14.7 Å². The molecule has 114 valence electrons. The summed E-state index contributed by atoms with van der Waals surface area (Å²) in [5, 5.41) is 9.38. The molecule has 1 amide bonds. The van der Waals surface area contributed by atoms with Crippen LogP contribution in [0.2, 0.25) is 0 Å². The third kappa shape index (κ3) is 2.65. The van der Waals surface area contributed by atoms with E-state index in [0.717, 1.165) is 37.1 Å². The van der Waals surface area contributed by atoms with Crippen LogP contribution in [0.5, 0.6) is 0 Å². The molecule has 0 spiro atoms. The molecule has 0 bridgehead atoms. The number of fused-ring (bicyclic) bond motifs is 1. The van der Waals surface area contributed by atoms with Gasteiger partial charge in [0.25, 0.3) is 0 Å². The van der Waals surface area contributed by atoms with Gasteiger partial charge in [0, 0.05) is 18.4 Å². The fraction of sp³-hybridized carbons (Fsp3) is 0.643. The van der Waals surface area contributed by atoms with Crippen LogP contribution in [0.15, 0.2) is 6.33 Å². The Kier molecular flexibility index (Phi) is 3.44. The van der Waals surface area contributed by atoms with Gasteiger partial charge in [-0.15, -0.1) is 0 Å². The number of aliphatic carboxylic acids is 1. The van der Waals surface area contributed by atoms with Crippen molar-refractivity contribution < 1.29 is 14.7 Å². The molecule has 7 nitrogen and oxygen atoms in total. The number of amides is 1. The molecule has 1 aliphatic heterocycles. The number of nitrogens with zero attached hydrogens (tertiary/aromatic N) is 2. The topological polar surface area (TPSA) is 112 Å². The van der Waals surface area contributed by atoms with Crippen molar-refractivity contribution in [1.29, 1.82) is 0 Å². The SMILES string of the molecule is NC1(CC(=O)N2Cc3[nH]cnc3CC2C(=O)O)CCCC1. The Labute approximate surface area is 122 Å². The van der Waals surface area contributed by atoms with E-state index < -0.39 is 17.6 Å². The Morgan fingerprint density at radius 2 is 2.19 bits per heavy atom. The van der Waals surface area contributed by atoms with Crippen molar-refractivity contribution in [2.24, 2.45) is 5.73 Å². The average molecular weight is 292 g/mol. The first kappa shape index (κ1) is 14.1. The Balaban J connectivity index is 1.78. The van der Waals surface area contributed by atoms with Crippen LogP contribution in [0.25, 0.3) is 0 Å². The number of aromatic nitrogens is 2. The van der Waals surface area contributed by atoms with Crippen LogP contribution in [0, 0.1) is 0 Å². The minimum atomic E-state index is -0.991. The molecule has 0 radical (unpaired) electrons. The molecule has 0 aromatic carbocycles. The van der Waals surface area contributed by atoms with Crippen LogP contribution < -0.4 is 5.73 Å². The Morgan fingerprint density at radius 1 is 1.48 bits per heavy atom. The quantitative estimate of drug-likeness (QED) is 0.747. The number of nitrogens with one attached hydrogen (secondary N) is 1. The molecule has 1 atom stereocenters. The summed E-state index contributed by atoms with van der Waals surface area (Å²) in [7, 11) is 0. The van der Waals surface area contributed by atoms with E-state index in [-0.39, 0.29) is 25.3 Å². The second-order valence-electron chi connectivity index (χ2n) is 6.15. The molecule has 7 heteroatoms. The van der Waals surface area contributed by atoms with Crippen molar-refractivity contribution in [3.05, 3.63) is 17.7 Å². The molecule has 3 rings (SSSR count). The van der Waals surface area contributed by atoms with E-state index >= 15 is 0 Å². The summed E-state index contributed by atoms with van der Waals surface area (Å²) in [6, 6.07) is -0.849. The van der Waals surface area contributed by atoms with E-state index in [1.165, 1.54) is 4.90 Å². The molecular formula is C14H20N4O3. The zero-order valence-electron chi connectivity index (χ0n) is 11.8. The second-order valence-corrected chi connectivity index (χ2v) is 6.15. The average Bonchev–Trinajstić information content (AvgIpc) is 3.05. The molecule has 2 aliphatic rings. The molecule has 1 fully saturated rings. The maximum Gasteiger partial charge on any atom is 0.326 e. The maximum atomic E-state index is 12.6. The number of carboxylic acids is 1. The van der Waals surface area contributed by atoms with E-state index in [4.69, 9.17) is 5.73 Å². The lowest BCUT2D eigenvalue weighted by Gasteiger charge is -2.34. The lowest BCUT2D eigenvalue weighted by molar-refractivity contribution is -0.152. The van der Waals surface area contributed by atoms with Crippen LogP contribution >= 0.6 is 0 Å². The van der Waals surface area contributed by atoms with Gasteiger partial charge in [-0.25, -0.2) is 9.78 Å². The molecule has 21 heavy (non-hydrogen) atoms. The number of imidazole rings is 1. The first-order valence-electron chi connectivity index (χ1n) is 7.31. The first-order chi connectivity index (χ1) is 9.98. The van der Waals surface area contributed by atoms with Gasteiger partial charge in [-0.3, -0.25) is 4.79 Å². The summed E-state index contributed by atoms with van der Waals surface area (Å²) in [5.74, 6) is -1.17. The van der Waals surface area contributed by atoms with Gasteiger partial charge in [-0.05, 0) is 12.8 Å². The summed E-state index contributed by atoms with van der Waals surface area (Å²) in [4.78, 5) is 32.5. The summed E-state index contributed by atoms with van der Waals surface area (Å²) >= 11 is 0. The number of H-pyrrole nitrogens is 1. The monoisotopic (exact) mass is 292 g/mol. The van der Waals surface area contributed by atoms with Gasteiger partial charge in [-0.2, -0.15) is 0 Å². The van der Waals surface area contributed by atoms with Gasteiger partial charge >= 0.3 is 5.97 Å². The number of hydrogen-bond acceptors (Lipinski definition) is 4. The summed E-state index contributed by atoms with van der Waals surface area (Å²) in [6.07, 6.45) is 5.75. The second kappa shape index (κ2) is 5.14. The van der Waals surface area contributed by atoms with Gasteiger partial charge in [0.2, 0.25) is 5.91 Å². The fourth-order valence-corrected chi connectivity index (χ4v) is 3.38. The molecule has 0 saturated heterocycles. The molecule has 1 aliphatic carbocycles. The van der Waals surface area contributed by atoms with E-state index in [0.29, 0.717) is 0 Å². The van der Waals surface area contributed by atoms with Gasteiger partial charge in [0.05, 0.1) is 24.3 Å². The standard InChI is InChI=1S/C14H20N4O3/c15-14(3-1-2-4-14)6-12(19)18-7-10-9(16-8-17-10)5-11(18)13(20)21/h8,11H,1-7,15H2,(H,16,17)(H,20,21). The number of carbonyl (C=O) groups is 2. The van der Waals surface area contributed by atoms with Crippen molar-refractivity contribution >= 4 is 11.9 Å². The van der Waals surface area contributed by atoms with Gasteiger partial charge < -0.3 is 20.7 Å². The Morgan fingerprint density at radius 3 is 2.86 bits per heavy atom. The largest absolute Gasteiger partial charge is 0.480 e. The molecule has 1 unspecified atom stereocenters. The normalized spacial score (nSPS) is 23.9. The number of nitrogens with two attached hydrogens (primary N) is 1. The number of carbonyl (C=O) groups excluding carboxylic acids is 1. The maximum absolute atomic E-state index is 12.6. The molecule has 1 saturated carbocycles. The van der Waals surface area contributed by atoms with Crippen molar-refractivity contribution in [2.75, 3.05) is 0 Å². The van der Waals surface area contributed by atoms with Crippen molar-refractivity contribution in [1.82, 2.24) is 14.9 Å². The lowest BCUT2D eigenvalue weighted by Crippen LogP contribution is -2.51. The van der Waals surface area contributed by atoms with Crippen LogP contribution in [-0.2, 0) is 22.6 Å². The third-order valence-corrected chi connectivity index (χ3v) is 4.61. The smallest absolute Gasteiger partial charge is 0.326 e. The number of aromatic amines is 1. The number of hydrogen-bond donors (Lipinski definition) is 3. The summed E-state index contributed by atoms with van der Waals surface area (Å²) in [5.41, 5.74) is 7.33. The van der Waals surface area contributed by atoms with Crippen LogP contribution in [-0.4, -0.2) is 43.4 Å². The Bertz CT molecular complexity index is 562. The van der Waals surface area contributed by atoms with E-state index in [2.05, 4.69) is 9.97 Å². The lowest BCUT2D eigenvalue weighted by atomic mass is 9.92. The third-order valence-electron chi connectivity index (χ3n) is 4.61. The number of rotatable bonds is 3. The van der Waals surface area contributed by atoms with Gasteiger partial charge in [-0.1, -0.05) is 12.8 Å². The molecular weight excluding hydrogens is 272 g/mol. The van der Waals surface area contributed by atoms with Gasteiger partial charge in [0.1, 0.15) is 6.04 Å².